The molecule has 2 heteroatoms. The zero-order valence-corrected chi connectivity index (χ0v) is 9.40. The van der Waals surface area contributed by atoms with Gasteiger partial charge in [-0.05, 0) is 36.4 Å². The zero-order valence-electron chi connectivity index (χ0n) is 7.77. The van der Waals surface area contributed by atoms with Crippen LogP contribution in [0.3, 0.4) is 0 Å². The van der Waals surface area contributed by atoms with E-state index in [1.807, 2.05) is 11.8 Å². The highest BCUT2D eigenvalue weighted by atomic mass is 32.2. The molecule has 0 aliphatic heterocycles. The van der Waals surface area contributed by atoms with Crippen molar-refractivity contribution >= 4 is 23.5 Å². The lowest BCUT2D eigenvalue weighted by Crippen LogP contribution is -1.83. The van der Waals surface area contributed by atoms with Gasteiger partial charge in [-0.15, -0.1) is 0 Å². The molecular formula is C9H20S2. The monoisotopic (exact) mass is 192 g/mol. The summed E-state index contributed by atoms with van der Waals surface area (Å²) < 4.78 is 0. The molecule has 0 heterocycles. The third-order valence-electron chi connectivity index (χ3n) is 1.59. The van der Waals surface area contributed by atoms with Crippen molar-refractivity contribution in [1.29, 1.82) is 0 Å². The lowest BCUT2D eigenvalue weighted by molar-refractivity contribution is 0.711. The summed E-state index contributed by atoms with van der Waals surface area (Å²) in [7, 11) is 0. The molecule has 0 fully saturated rings. The van der Waals surface area contributed by atoms with Gasteiger partial charge in [-0.2, -0.15) is 23.5 Å². The lowest BCUT2D eigenvalue weighted by Gasteiger charge is -1.98. The summed E-state index contributed by atoms with van der Waals surface area (Å²) in [5.41, 5.74) is 0. The van der Waals surface area contributed by atoms with Crippen molar-refractivity contribution in [3.8, 4) is 0 Å². The smallest absolute Gasteiger partial charge is 0.00676 e. The second-order valence-electron chi connectivity index (χ2n) is 2.60. The van der Waals surface area contributed by atoms with E-state index >= 15 is 0 Å². The van der Waals surface area contributed by atoms with Gasteiger partial charge in [0.2, 0.25) is 0 Å². The van der Waals surface area contributed by atoms with E-state index in [2.05, 4.69) is 24.9 Å². The van der Waals surface area contributed by atoms with E-state index in [0.29, 0.717) is 0 Å². The van der Waals surface area contributed by atoms with E-state index in [4.69, 9.17) is 0 Å². The van der Waals surface area contributed by atoms with E-state index in [1.165, 1.54) is 42.9 Å². The average molecular weight is 192 g/mol. The van der Waals surface area contributed by atoms with Crippen LogP contribution in [-0.4, -0.2) is 23.5 Å². The highest BCUT2D eigenvalue weighted by Gasteiger charge is 1.89. The van der Waals surface area contributed by atoms with Gasteiger partial charge >= 0.3 is 0 Å². The van der Waals surface area contributed by atoms with E-state index in [-0.39, 0.29) is 0 Å². The highest BCUT2D eigenvalue weighted by molar-refractivity contribution is 7.99. The minimum absolute atomic E-state index is 1.28. The van der Waals surface area contributed by atoms with Crippen molar-refractivity contribution in [2.24, 2.45) is 0 Å². The van der Waals surface area contributed by atoms with Gasteiger partial charge in [0.1, 0.15) is 0 Å². The number of unbranched alkanes of at least 4 members (excludes halogenated alkanes) is 3. The normalized spacial score (nSPS) is 10.4. The Balaban J connectivity index is 2.69. The Morgan fingerprint density at radius 2 is 1.55 bits per heavy atom. The third-order valence-corrected chi connectivity index (χ3v) is 3.27. The van der Waals surface area contributed by atoms with Gasteiger partial charge in [0.25, 0.3) is 0 Å². The van der Waals surface area contributed by atoms with Crippen molar-refractivity contribution in [3.63, 3.8) is 0 Å². The van der Waals surface area contributed by atoms with Crippen LogP contribution in [-0.2, 0) is 0 Å². The maximum Gasteiger partial charge on any atom is -0.00676 e. The molecular weight excluding hydrogens is 172 g/mol. The molecule has 0 aromatic rings. The van der Waals surface area contributed by atoms with Crippen molar-refractivity contribution in [3.05, 3.63) is 0 Å². The van der Waals surface area contributed by atoms with Gasteiger partial charge in [0.15, 0.2) is 0 Å². The van der Waals surface area contributed by atoms with Crippen molar-refractivity contribution in [2.45, 2.75) is 32.6 Å². The first-order valence-corrected chi connectivity index (χ1v) is 7.03. The second-order valence-corrected chi connectivity index (χ2v) is 4.98. The van der Waals surface area contributed by atoms with Crippen LogP contribution in [0.1, 0.15) is 32.6 Å². The fraction of sp³-hybridized carbons (Fsp3) is 1.00. The first-order chi connectivity index (χ1) is 5.41. The number of hydrogen-bond donors (Lipinski definition) is 0. The Bertz CT molecular complexity index is 56.6. The van der Waals surface area contributed by atoms with Crippen molar-refractivity contribution < 1.29 is 0 Å². The summed E-state index contributed by atoms with van der Waals surface area (Å²) in [4.78, 5) is 0. The molecule has 0 aromatic heterocycles. The molecule has 0 radical (unpaired) electrons. The molecule has 0 aromatic carbocycles. The molecule has 11 heavy (non-hydrogen) atoms. The number of thioether (sulfide) groups is 2. The van der Waals surface area contributed by atoms with Gasteiger partial charge in [0.05, 0.1) is 0 Å². The van der Waals surface area contributed by atoms with Crippen LogP contribution in [0, 0.1) is 0 Å². The lowest BCUT2D eigenvalue weighted by atomic mass is 10.2. The predicted octanol–water partition coefficient (Wildman–Crippen LogP) is 3.66. The Labute approximate surface area is 79.9 Å². The van der Waals surface area contributed by atoms with E-state index < -0.39 is 0 Å². The van der Waals surface area contributed by atoms with Crippen LogP contribution in [0.15, 0.2) is 0 Å². The summed E-state index contributed by atoms with van der Waals surface area (Å²) in [6.07, 6.45) is 7.90. The van der Waals surface area contributed by atoms with Crippen molar-refractivity contribution in [2.75, 3.05) is 23.5 Å². The standard InChI is InChI=1S/C9H20S2/c1-3-11-9-7-5-4-6-8-10-2/h3-9H2,1-2H3. The van der Waals surface area contributed by atoms with Crippen LogP contribution < -0.4 is 0 Å². The average Bonchev–Trinajstić information content (AvgIpc) is 2.03. The first kappa shape index (κ1) is 11.7. The molecule has 0 bridgehead atoms. The second kappa shape index (κ2) is 10.7. The molecule has 0 saturated carbocycles. The summed E-state index contributed by atoms with van der Waals surface area (Å²) in [5, 5.41) is 0. The maximum absolute atomic E-state index is 2.23. The van der Waals surface area contributed by atoms with E-state index in [0.717, 1.165) is 0 Å². The fourth-order valence-electron chi connectivity index (χ4n) is 0.948. The Kier molecular flexibility index (Phi) is 11.4. The highest BCUT2D eigenvalue weighted by Crippen LogP contribution is 2.08. The van der Waals surface area contributed by atoms with E-state index in [9.17, 15) is 0 Å². The summed E-state index contributed by atoms with van der Waals surface area (Å²) in [5.74, 6) is 4.00. The first-order valence-electron chi connectivity index (χ1n) is 4.48. The van der Waals surface area contributed by atoms with E-state index in [1.54, 1.807) is 0 Å². The van der Waals surface area contributed by atoms with Gasteiger partial charge in [-0.3, -0.25) is 0 Å². The van der Waals surface area contributed by atoms with Crippen LogP contribution in [0.5, 0.6) is 0 Å². The zero-order chi connectivity index (χ0) is 8.36. The SMILES string of the molecule is CCSCCCCCCSC. The Morgan fingerprint density at radius 1 is 0.909 bits per heavy atom. The summed E-state index contributed by atoms with van der Waals surface area (Å²) in [6.45, 7) is 2.23. The molecule has 0 rings (SSSR count). The molecule has 0 saturated heterocycles. The molecule has 0 N–H and O–H groups in total. The van der Waals surface area contributed by atoms with Crippen LogP contribution in [0.4, 0.5) is 0 Å². The van der Waals surface area contributed by atoms with Crippen molar-refractivity contribution in [1.82, 2.24) is 0 Å². The van der Waals surface area contributed by atoms with Crippen LogP contribution in [0.25, 0.3) is 0 Å². The van der Waals surface area contributed by atoms with Gasteiger partial charge in [-0.1, -0.05) is 19.8 Å². The molecule has 0 amide bonds. The maximum atomic E-state index is 2.23. The Morgan fingerprint density at radius 3 is 2.09 bits per heavy atom. The summed E-state index contributed by atoms with van der Waals surface area (Å²) in [6, 6.07) is 0. The largest absolute Gasteiger partial charge is 0.165 e. The molecule has 0 aliphatic rings. The van der Waals surface area contributed by atoms with Gasteiger partial charge < -0.3 is 0 Å². The minimum atomic E-state index is 1.28. The quantitative estimate of drug-likeness (QED) is 0.538. The Hall–Kier alpha value is 0.700. The number of rotatable bonds is 8. The third kappa shape index (κ3) is 10.7. The molecule has 0 aliphatic carbocycles. The van der Waals surface area contributed by atoms with Crippen LogP contribution >= 0.6 is 23.5 Å². The summed E-state index contributed by atoms with van der Waals surface area (Å²) >= 11 is 4.03. The topological polar surface area (TPSA) is 0 Å². The predicted molar refractivity (Wildman–Crippen MR) is 59.8 cm³/mol. The van der Waals surface area contributed by atoms with Gasteiger partial charge in [0, 0.05) is 0 Å². The molecule has 0 unspecified atom stereocenters. The van der Waals surface area contributed by atoms with Gasteiger partial charge in [-0.25, -0.2) is 0 Å². The molecule has 68 valence electrons. The number of hydrogen-bond acceptors (Lipinski definition) is 2. The molecule has 0 nitrogen and oxygen atoms in total. The van der Waals surface area contributed by atoms with Crippen LogP contribution in [0.2, 0.25) is 0 Å². The molecule has 0 atom stereocenters. The molecule has 0 spiro atoms. The minimum Gasteiger partial charge on any atom is -0.165 e. The fourth-order valence-corrected chi connectivity index (χ4v) is 2.14.